The molecule has 1 unspecified atom stereocenters. The summed E-state index contributed by atoms with van der Waals surface area (Å²) in [6.07, 6.45) is -0.592. The average Bonchev–Trinajstić information content (AvgIpc) is 2.56. The van der Waals surface area contributed by atoms with Crippen LogP contribution in [-0.4, -0.2) is 29.4 Å². The molecule has 1 aliphatic rings. The number of halogens is 1. The lowest BCUT2D eigenvalue weighted by atomic mass is 9.81. The largest absolute Gasteiger partial charge is 0.377 e. The van der Waals surface area contributed by atoms with Crippen molar-refractivity contribution < 1.29 is 9.84 Å². The molecular weight excluding hydrogens is 318 g/mol. The lowest BCUT2D eigenvalue weighted by Gasteiger charge is -2.39. The van der Waals surface area contributed by atoms with Gasteiger partial charge in [0.2, 0.25) is 0 Å². The highest BCUT2D eigenvalue weighted by Gasteiger charge is 2.44. The van der Waals surface area contributed by atoms with Crippen molar-refractivity contribution in [3.05, 3.63) is 71.8 Å². The van der Waals surface area contributed by atoms with Crippen LogP contribution in [0.2, 0.25) is 0 Å². The van der Waals surface area contributed by atoms with Gasteiger partial charge < -0.3 is 15.2 Å². The first-order valence-electron chi connectivity index (χ1n) is 6.95. The summed E-state index contributed by atoms with van der Waals surface area (Å²) in [4.78, 5) is 0.538. The highest BCUT2D eigenvalue weighted by molar-refractivity contribution is 7.80. The van der Waals surface area contributed by atoms with Gasteiger partial charge in [-0.15, -0.1) is 12.4 Å². The van der Waals surface area contributed by atoms with Gasteiger partial charge in [-0.25, -0.2) is 0 Å². The lowest BCUT2D eigenvalue weighted by Crippen LogP contribution is -2.55. The van der Waals surface area contributed by atoms with Crippen molar-refractivity contribution in [1.29, 1.82) is 0 Å². The summed E-state index contributed by atoms with van der Waals surface area (Å²) in [5, 5.41) is 14.6. The average molecular weight is 336 g/mol. The normalized spacial score (nSPS) is 18.2. The first-order chi connectivity index (χ1) is 10.2. The molecule has 0 bridgehead atoms. The Labute approximate surface area is 141 Å². The standard InChI is InChI=1S/C17H17NO2S.ClH/c19-17(13-7-3-1-4-8-13,14-9-5-2-6-10-14)15-16(21)18-11-12-20-15;/h1-10,15,19H,11-12H2,(H,18,21);1H. The predicted molar refractivity (Wildman–Crippen MR) is 93.5 cm³/mol. The molecule has 3 rings (SSSR count). The molecule has 0 aliphatic carbocycles. The number of hydrogen-bond donors (Lipinski definition) is 2. The van der Waals surface area contributed by atoms with E-state index in [0.29, 0.717) is 18.1 Å². The Balaban J connectivity index is 0.00000176. The van der Waals surface area contributed by atoms with E-state index in [9.17, 15) is 5.11 Å². The summed E-state index contributed by atoms with van der Waals surface area (Å²) in [6, 6.07) is 19.1. The van der Waals surface area contributed by atoms with E-state index in [0.717, 1.165) is 11.1 Å². The minimum absolute atomic E-state index is 0. The van der Waals surface area contributed by atoms with Crippen LogP contribution in [0, 0.1) is 0 Å². The summed E-state index contributed by atoms with van der Waals surface area (Å²) >= 11 is 5.38. The maximum Gasteiger partial charge on any atom is 0.147 e. The Morgan fingerprint density at radius 1 is 1.00 bits per heavy atom. The maximum absolute atomic E-state index is 11.5. The van der Waals surface area contributed by atoms with E-state index in [2.05, 4.69) is 5.32 Å². The molecule has 22 heavy (non-hydrogen) atoms. The van der Waals surface area contributed by atoms with E-state index >= 15 is 0 Å². The minimum atomic E-state index is -1.30. The molecule has 1 fully saturated rings. The van der Waals surface area contributed by atoms with E-state index in [1.165, 1.54) is 0 Å². The Hall–Kier alpha value is -1.46. The fourth-order valence-electron chi connectivity index (χ4n) is 2.68. The van der Waals surface area contributed by atoms with Crippen molar-refractivity contribution in [2.45, 2.75) is 11.7 Å². The third-order valence-corrected chi connectivity index (χ3v) is 4.09. The summed E-state index contributed by atoms with van der Waals surface area (Å²) in [5.41, 5.74) is 0.243. The zero-order valence-electron chi connectivity index (χ0n) is 11.9. The summed E-state index contributed by atoms with van der Waals surface area (Å²) < 4.78 is 5.81. The molecule has 3 nitrogen and oxygen atoms in total. The third-order valence-electron chi connectivity index (χ3n) is 3.73. The molecular formula is C17H18ClNO2S. The Morgan fingerprint density at radius 3 is 1.95 bits per heavy atom. The second-order valence-corrected chi connectivity index (χ2v) is 5.48. The zero-order valence-corrected chi connectivity index (χ0v) is 13.6. The van der Waals surface area contributed by atoms with Crippen molar-refractivity contribution in [2.24, 2.45) is 0 Å². The van der Waals surface area contributed by atoms with Gasteiger partial charge >= 0.3 is 0 Å². The molecule has 2 aromatic carbocycles. The monoisotopic (exact) mass is 335 g/mol. The minimum Gasteiger partial charge on any atom is -0.377 e. The molecule has 116 valence electrons. The second kappa shape index (κ2) is 7.20. The molecule has 1 heterocycles. The third kappa shape index (κ3) is 3.01. The van der Waals surface area contributed by atoms with Gasteiger partial charge in [0.15, 0.2) is 0 Å². The number of nitrogens with one attached hydrogen (secondary N) is 1. The number of morpholine rings is 1. The predicted octanol–water partition coefficient (Wildman–Crippen LogP) is 2.66. The molecule has 0 radical (unpaired) electrons. The van der Waals surface area contributed by atoms with Crippen molar-refractivity contribution in [3.8, 4) is 0 Å². The van der Waals surface area contributed by atoms with Gasteiger partial charge in [0.25, 0.3) is 0 Å². The van der Waals surface area contributed by atoms with Gasteiger partial charge in [-0.2, -0.15) is 0 Å². The van der Waals surface area contributed by atoms with Gasteiger partial charge in [-0.1, -0.05) is 72.9 Å². The van der Waals surface area contributed by atoms with Gasteiger partial charge in [-0.3, -0.25) is 0 Å². The van der Waals surface area contributed by atoms with Gasteiger partial charge in [-0.05, 0) is 11.1 Å². The lowest BCUT2D eigenvalue weighted by molar-refractivity contribution is -0.0608. The topological polar surface area (TPSA) is 41.5 Å². The van der Waals surface area contributed by atoms with E-state index in [1.807, 2.05) is 60.7 Å². The number of aliphatic hydroxyl groups is 1. The molecule has 0 saturated carbocycles. The van der Waals surface area contributed by atoms with E-state index < -0.39 is 11.7 Å². The van der Waals surface area contributed by atoms with Crippen LogP contribution < -0.4 is 5.32 Å². The fraction of sp³-hybridized carbons (Fsp3) is 0.235. The van der Waals surface area contributed by atoms with E-state index in [4.69, 9.17) is 17.0 Å². The van der Waals surface area contributed by atoms with Crippen molar-refractivity contribution in [3.63, 3.8) is 0 Å². The summed E-state index contributed by atoms with van der Waals surface area (Å²) in [5.74, 6) is 0. The number of thiocarbonyl (C=S) groups is 1. The van der Waals surface area contributed by atoms with Crippen LogP contribution in [-0.2, 0) is 10.3 Å². The Kier molecular flexibility index (Phi) is 5.53. The van der Waals surface area contributed by atoms with Crippen molar-refractivity contribution in [1.82, 2.24) is 5.32 Å². The van der Waals surface area contributed by atoms with Crippen LogP contribution >= 0.6 is 24.6 Å². The smallest absolute Gasteiger partial charge is 0.147 e. The fourth-order valence-corrected chi connectivity index (χ4v) is 3.02. The first-order valence-corrected chi connectivity index (χ1v) is 7.36. The van der Waals surface area contributed by atoms with Gasteiger partial charge in [0.05, 0.1) is 6.61 Å². The van der Waals surface area contributed by atoms with E-state index in [-0.39, 0.29) is 12.4 Å². The quantitative estimate of drug-likeness (QED) is 0.846. The number of hydrogen-bond acceptors (Lipinski definition) is 3. The second-order valence-electron chi connectivity index (χ2n) is 5.04. The van der Waals surface area contributed by atoms with Crippen molar-refractivity contribution in [2.75, 3.05) is 13.2 Å². The molecule has 1 aliphatic heterocycles. The molecule has 1 saturated heterocycles. The van der Waals surface area contributed by atoms with Gasteiger partial charge in [0, 0.05) is 6.54 Å². The highest BCUT2D eigenvalue weighted by Crippen LogP contribution is 2.35. The summed E-state index contributed by atoms with van der Waals surface area (Å²) in [7, 11) is 0. The zero-order chi connectivity index (χ0) is 14.7. The summed E-state index contributed by atoms with van der Waals surface area (Å²) in [6.45, 7) is 1.20. The molecule has 2 aromatic rings. The van der Waals surface area contributed by atoms with Crippen LogP contribution in [0.3, 0.4) is 0 Å². The molecule has 2 N–H and O–H groups in total. The Morgan fingerprint density at radius 2 is 1.50 bits per heavy atom. The van der Waals surface area contributed by atoms with Crippen LogP contribution in [0.25, 0.3) is 0 Å². The molecule has 0 spiro atoms. The first kappa shape index (κ1) is 16.9. The number of rotatable bonds is 3. The molecule has 5 heteroatoms. The molecule has 0 aromatic heterocycles. The molecule has 1 atom stereocenters. The van der Waals surface area contributed by atoms with Crippen LogP contribution in [0.4, 0.5) is 0 Å². The van der Waals surface area contributed by atoms with Crippen LogP contribution in [0.1, 0.15) is 11.1 Å². The number of benzene rings is 2. The van der Waals surface area contributed by atoms with Gasteiger partial charge in [0.1, 0.15) is 16.7 Å². The van der Waals surface area contributed by atoms with Crippen molar-refractivity contribution >= 4 is 29.6 Å². The Bertz CT molecular complexity index is 582. The highest BCUT2D eigenvalue weighted by atomic mass is 35.5. The SMILES string of the molecule is Cl.OC(c1ccccc1)(c1ccccc1)C1OCCNC1=S. The van der Waals surface area contributed by atoms with Crippen LogP contribution in [0.5, 0.6) is 0 Å². The molecule has 0 amide bonds. The number of ether oxygens (including phenoxy) is 1. The van der Waals surface area contributed by atoms with Crippen LogP contribution in [0.15, 0.2) is 60.7 Å². The maximum atomic E-state index is 11.5. The van der Waals surface area contributed by atoms with E-state index in [1.54, 1.807) is 0 Å².